The summed E-state index contributed by atoms with van der Waals surface area (Å²) in [5.41, 5.74) is 0. The minimum absolute atomic E-state index is 0.0607. The maximum atomic E-state index is 13.0. The number of allylic oxidation sites excluding steroid dienone is 15. The first-order chi connectivity index (χ1) is 34.5. The average molecular weight is 1060 g/mol. The first-order valence-electron chi connectivity index (χ1n) is 25.9. The number of esters is 2. The number of unbranched alkanes of at least 4 members (excludes halogenated alkanes) is 12. The molecule has 0 aliphatic heterocycles. The smallest absolute Gasteiger partial charge is 0.462 e. The quantitative estimate of drug-likeness (QED) is 0.00928. The Balaban J connectivity index is 2.65. The average Bonchev–Trinajstić information content (AvgIpc) is 3.34. The van der Waals surface area contributed by atoms with Crippen molar-refractivity contribution in [3.63, 3.8) is 0 Å². The summed E-state index contributed by atoms with van der Waals surface area (Å²) in [5, 5.41) is 51.8. The minimum atomic E-state index is -5.40. The number of rotatable bonds is 42. The van der Waals surface area contributed by atoms with Crippen LogP contribution in [0.4, 0.5) is 0 Å². The third-order valence-electron chi connectivity index (χ3n) is 11.3. The molecule has 9 atom stereocenters. The van der Waals surface area contributed by atoms with E-state index in [4.69, 9.17) is 18.5 Å². The fraction of sp³-hybridized carbons (Fsp3) is 0.660. The molecular weight excluding hydrogens is 971 g/mol. The van der Waals surface area contributed by atoms with Gasteiger partial charge in [-0.3, -0.25) is 23.2 Å². The Kier molecular flexibility index (Phi) is 39.2. The molecule has 0 heterocycles. The van der Waals surface area contributed by atoms with Crippen molar-refractivity contribution in [3.05, 3.63) is 97.2 Å². The van der Waals surface area contributed by atoms with Crippen molar-refractivity contribution in [1.82, 2.24) is 0 Å². The number of phosphoric acid groups is 2. The Morgan fingerprint density at radius 2 is 1.01 bits per heavy atom. The van der Waals surface area contributed by atoms with E-state index in [0.717, 1.165) is 77.0 Å². The van der Waals surface area contributed by atoms with Crippen LogP contribution in [0.2, 0.25) is 0 Å². The van der Waals surface area contributed by atoms with Crippen LogP contribution in [0.3, 0.4) is 0 Å². The van der Waals surface area contributed by atoms with Gasteiger partial charge in [0.05, 0.1) is 12.7 Å². The summed E-state index contributed by atoms with van der Waals surface area (Å²) < 4.78 is 49.3. The van der Waals surface area contributed by atoms with E-state index < -0.39 is 89.6 Å². The van der Waals surface area contributed by atoms with Gasteiger partial charge in [0.1, 0.15) is 43.2 Å². The molecule has 1 fully saturated rings. The zero-order valence-electron chi connectivity index (χ0n) is 42.7. The molecule has 19 heteroatoms. The molecule has 1 saturated carbocycles. The molecule has 0 aromatic carbocycles. The second kappa shape index (κ2) is 42.1. The van der Waals surface area contributed by atoms with E-state index in [9.17, 15) is 58.9 Å². The highest BCUT2D eigenvalue weighted by Gasteiger charge is 2.54. The van der Waals surface area contributed by atoms with Gasteiger partial charge in [0.25, 0.3) is 0 Å². The molecule has 6 unspecified atom stereocenters. The van der Waals surface area contributed by atoms with E-state index >= 15 is 0 Å². The molecule has 0 bridgehead atoms. The summed E-state index contributed by atoms with van der Waals surface area (Å²) in [6, 6.07) is 0. The van der Waals surface area contributed by atoms with Crippen molar-refractivity contribution in [2.45, 2.75) is 210 Å². The van der Waals surface area contributed by atoms with Crippen LogP contribution >= 0.6 is 15.6 Å². The van der Waals surface area contributed by atoms with E-state index in [1.165, 1.54) is 44.6 Å². The lowest BCUT2D eigenvalue weighted by molar-refractivity contribution is -0.216. The number of phosphoric ester groups is 2. The fourth-order valence-corrected chi connectivity index (χ4v) is 8.76. The highest BCUT2D eigenvalue weighted by Crippen LogP contribution is 2.49. The van der Waals surface area contributed by atoms with Crippen LogP contribution in [-0.4, -0.2) is 114 Å². The van der Waals surface area contributed by atoms with Crippen LogP contribution in [0.25, 0.3) is 0 Å². The summed E-state index contributed by atoms with van der Waals surface area (Å²) in [4.78, 5) is 54.5. The van der Waals surface area contributed by atoms with Crippen LogP contribution in [-0.2, 0) is 41.8 Å². The molecule has 0 amide bonds. The molecule has 0 radical (unpaired) electrons. The maximum Gasteiger partial charge on any atom is 0.472 e. The molecule has 8 N–H and O–H groups in total. The van der Waals surface area contributed by atoms with Crippen molar-refractivity contribution in [1.29, 1.82) is 0 Å². The molecule has 17 nitrogen and oxygen atoms in total. The number of aliphatic hydroxyl groups is 5. The third-order valence-corrected chi connectivity index (χ3v) is 12.8. The van der Waals surface area contributed by atoms with Gasteiger partial charge in [-0.15, -0.1) is 0 Å². The molecule has 72 heavy (non-hydrogen) atoms. The van der Waals surface area contributed by atoms with Crippen molar-refractivity contribution in [2.75, 3.05) is 13.2 Å². The van der Waals surface area contributed by atoms with E-state index in [2.05, 4.69) is 85.2 Å². The minimum Gasteiger partial charge on any atom is -0.462 e. The normalized spacial score (nSPS) is 22.0. The van der Waals surface area contributed by atoms with Crippen LogP contribution in [0.5, 0.6) is 0 Å². The van der Waals surface area contributed by atoms with E-state index in [0.29, 0.717) is 12.8 Å². The summed E-state index contributed by atoms with van der Waals surface area (Å²) in [6.07, 6.45) is 36.6. The lowest BCUT2D eigenvalue weighted by Gasteiger charge is -2.43. The van der Waals surface area contributed by atoms with Gasteiger partial charge in [0.15, 0.2) is 6.10 Å². The molecule has 0 aromatic rings. The zero-order valence-corrected chi connectivity index (χ0v) is 44.5. The predicted molar refractivity (Wildman–Crippen MR) is 279 cm³/mol. The largest absolute Gasteiger partial charge is 0.472 e. The van der Waals surface area contributed by atoms with Gasteiger partial charge < -0.3 is 49.7 Å². The second-order valence-electron chi connectivity index (χ2n) is 17.7. The first-order valence-corrected chi connectivity index (χ1v) is 28.9. The third kappa shape index (κ3) is 35.9. The predicted octanol–water partition coefficient (Wildman–Crippen LogP) is 9.70. The van der Waals surface area contributed by atoms with Crippen LogP contribution in [0.15, 0.2) is 97.2 Å². The number of hydrogen-bond donors (Lipinski definition) is 8. The molecular formula is C53H88O17P2. The van der Waals surface area contributed by atoms with Crippen molar-refractivity contribution >= 4 is 27.6 Å². The van der Waals surface area contributed by atoms with Crippen LogP contribution in [0, 0.1) is 0 Å². The Morgan fingerprint density at radius 3 is 1.56 bits per heavy atom. The van der Waals surface area contributed by atoms with E-state index in [1.54, 1.807) is 12.2 Å². The molecule has 412 valence electrons. The maximum absolute atomic E-state index is 13.0. The Labute approximate surface area is 429 Å². The van der Waals surface area contributed by atoms with Gasteiger partial charge in [-0.25, -0.2) is 9.13 Å². The second-order valence-corrected chi connectivity index (χ2v) is 20.3. The Hall–Kier alpha value is -3.12. The highest BCUT2D eigenvalue weighted by molar-refractivity contribution is 7.47. The van der Waals surface area contributed by atoms with Crippen LogP contribution in [0.1, 0.15) is 162 Å². The Morgan fingerprint density at radius 1 is 0.528 bits per heavy atom. The lowest BCUT2D eigenvalue weighted by atomic mass is 9.85. The van der Waals surface area contributed by atoms with Gasteiger partial charge in [0.2, 0.25) is 0 Å². The summed E-state index contributed by atoms with van der Waals surface area (Å²) >= 11 is 0. The Bertz CT molecular complexity index is 1770. The topological polar surface area (TPSA) is 276 Å². The van der Waals surface area contributed by atoms with E-state index in [-0.39, 0.29) is 19.3 Å². The lowest BCUT2D eigenvalue weighted by Crippen LogP contribution is -2.64. The molecule has 0 aromatic heterocycles. The zero-order chi connectivity index (χ0) is 53.3. The standard InChI is InChI=1S/C53H88O17P2/c1-3-5-7-9-11-13-15-17-19-21-22-23-25-27-29-31-33-35-37-39-46(55)66-42-45(43-67-72(64,65)70-53-50(59)48(57)49(58)52(51(53)60)69-71(61,62)63)68-47(56)41-40-44(54)38-36-34-32-30-28-26-24-20-18-16-14-12-10-8-6-4-2/h6,8,11-14,17-20,26,28,32,34,36,38,44-45,48-54,57-60H,3-5,7,9-10,15-16,21-25,27,29-31,33,35,37,39-43H2,1-2H3,(H,64,65)(H2,61,62,63)/b8-6-,13-11-,14-12-,19-17-,20-18-,28-26-,34-32-,38-36-/t44?,45-,48?,49?,50?,51?,52-,53+/m1/s1. The number of ether oxygens (including phenoxy) is 2. The fourth-order valence-electron chi connectivity index (χ4n) is 7.22. The van der Waals surface area contributed by atoms with Gasteiger partial charge in [-0.1, -0.05) is 169 Å². The van der Waals surface area contributed by atoms with Gasteiger partial charge in [-0.2, -0.15) is 0 Å². The number of hydrogen-bond acceptors (Lipinski definition) is 14. The van der Waals surface area contributed by atoms with Gasteiger partial charge in [0, 0.05) is 12.8 Å². The van der Waals surface area contributed by atoms with Crippen molar-refractivity contribution in [2.24, 2.45) is 0 Å². The highest BCUT2D eigenvalue weighted by atomic mass is 31.2. The van der Waals surface area contributed by atoms with Gasteiger partial charge in [-0.05, 0) is 77.0 Å². The molecule has 0 spiro atoms. The molecule has 0 saturated heterocycles. The SMILES string of the molecule is CC/C=C\C/C=C\C/C=C\C/C=C\C/C=C\C=C/C(O)CCC(=O)O[C@H](COC(=O)CCCCCCCCCCC/C=C\C/C=C\CCCCC)COP(=O)(O)O[C@H]1C(O)C(O)C(O)[C@@H](OP(=O)(O)O)C1O. The summed E-state index contributed by atoms with van der Waals surface area (Å²) in [5.74, 6) is -1.50. The number of carbonyl (C=O) groups is 2. The molecule has 1 rings (SSSR count). The molecule has 1 aliphatic carbocycles. The monoisotopic (exact) mass is 1060 g/mol. The van der Waals surface area contributed by atoms with E-state index in [1.807, 2.05) is 12.2 Å². The number of carbonyl (C=O) groups excluding carboxylic acids is 2. The molecule has 1 aliphatic rings. The summed E-state index contributed by atoms with van der Waals surface area (Å²) in [7, 11) is -10.8. The number of aliphatic hydroxyl groups excluding tert-OH is 5. The van der Waals surface area contributed by atoms with Crippen molar-refractivity contribution in [3.8, 4) is 0 Å². The van der Waals surface area contributed by atoms with Crippen molar-refractivity contribution < 1.29 is 82.0 Å². The van der Waals surface area contributed by atoms with Crippen LogP contribution < -0.4 is 0 Å². The van der Waals surface area contributed by atoms with Gasteiger partial charge >= 0.3 is 27.6 Å². The summed E-state index contributed by atoms with van der Waals surface area (Å²) in [6.45, 7) is 2.78. The first kappa shape index (κ1) is 66.9.